The molecule has 130 valence electrons. The Labute approximate surface area is 142 Å². The summed E-state index contributed by atoms with van der Waals surface area (Å²) in [4.78, 5) is 27.3. The van der Waals surface area contributed by atoms with E-state index in [-0.39, 0.29) is 35.3 Å². The van der Waals surface area contributed by atoms with E-state index in [0.717, 1.165) is 38.6 Å². The van der Waals surface area contributed by atoms with Gasteiger partial charge in [0.15, 0.2) is 5.78 Å². The number of nitrogens with zero attached hydrogens (tertiary/aromatic N) is 1. The second kappa shape index (κ2) is 7.43. The molecule has 2 N–H and O–H groups in total. The molecule has 0 aromatic heterocycles. The van der Waals surface area contributed by atoms with Gasteiger partial charge in [-0.1, -0.05) is 6.42 Å². The SMILES string of the molecule is NC[C@H]1CCC[C@H]1C(=O)N1CCCC(C(=O)c2ccc(F)cc2)C1. The second-order valence-electron chi connectivity index (χ2n) is 7.03. The van der Waals surface area contributed by atoms with Gasteiger partial charge in [0.25, 0.3) is 0 Å². The Balaban J connectivity index is 1.66. The van der Waals surface area contributed by atoms with Gasteiger partial charge < -0.3 is 10.6 Å². The second-order valence-corrected chi connectivity index (χ2v) is 7.03. The summed E-state index contributed by atoms with van der Waals surface area (Å²) < 4.78 is 13.0. The number of benzene rings is 1. The maximum absolute atomic E-state index is 13.0. The average Bonchev–Trinajstić information content (AvgIpc) is 3.10. The predicted molar refractivity (Wildman–Crippen MR) is 89.9 cm³/mol. The van der Waals surface area contributed by atoms with Gasteiger partial charge in [0.1, 0.15) is 5.82 Å². The molecule has 4 nitrogen and oxygen atoms in total. The Morgan fingerprint density at radius 2 is 1.88 bits per heavy atom. The van der Waals surface area contributed by atoms with E-state index in [4.69, 9.17) is 5.73 Å². The molecular formula is C19H25FN2O2. The van der Waals surface area contributed by atoms with E-state index in [1.165, 1.54) is 24.3 Å². The highest BCUT2D eigenvalue weighted by atomic mass is 19.1. The van der Waals surface area contributed by atoms with Crippen molar-refractivity contribution in [3.63, 3.8) is 0 Å². The van der Waals surface area contributed by atoms with E-state index in [2.05, 4.69) is 0 Å². The molecule has 1 unspecified atom stereocenters. The van der Waals surface area contributed by atoms with E-state index in [1.54, 1.807) is 0 Å². The summed E-state index contributed by atoms with van der Waals surface area (Å²) in [5, 5.41) is 0. The lowest BCUT2D eigenvalue weighted by Gasteiger charge is -2.34. The van der Waals surface area contributed by atoms with Gasteiger partial charge in [-0.3, -0.25) is 9.59 Å². The molecule has 0 radical (unpaired) electrons. The van der Waals surface area contributed by atoms with Gasteiger partial charge in [-0.2, -0.15) is 0 Å². The highest BCUT2D eigenvalue weighted by Crippen LogP contribution is 2.33. The molecule has 0 bridgehead atoms. The number of hydrogen-bond acceptors (Lipinski definition) is 3. The van der Waals surface area contributed by atoms with Crippen molar-refractivity contribution in [3.05, 3.63) is 35.6 Å². The first-order chi connectivity index (χ1) is 11.6. The van der Waals surface area contributed by atoms with Gasteiger partial charge in [0.05, 0.1) is 0 Å². The lowest BCUT2D eigenvalue weighted by molar-refractivity contribution is -0.138. The van der Waals surface area contributed by atoms with E-state index in [1.807, 2.05) is 4.90 Å². The summed E-state index contributed by atoms with van der Waals surface area (Å²) in [6.07, 6.45) is 4.62. The lowest BCUT2D eigenvalue weighted by Crippen LogP contribution is -2.46. The zero-order valence-electron chi connectivity index (χ0n) is 13.9. The smallest absolute Gasteiger partial charge is 0.226 e. The number of rotatable bonds is 4. The minimum Gasteiger partial charge on any atom is -0.342 e. The van der Waals surface area contributed by atoms with Crippen LogP contribution in [0.2, 0.25) is 0 Å². The third kappa shape index (κ3) is 3.51. The van der Waals surface area contributed by atoms with E-state index in [0.29, 0.717) is 18.7 Å². The zero-order valence-corrected chi connectivity index (χ0v) is 13.9. The van der Waals surface area contributed by atoms with Crippen molar-refractivity contribution in [1.29, 1.82) is 0 Å². The van der Waals surface area contributed by atoms with Gasteiger partial charge in [-0.15, -0.1) is 0 Å². The fourth-order valence-electron chi connectivity index (χ4n) is 4.12. The molecule has 0 spiro atoms. The van der Waals surface area contributed by atoms with Crippen LogP contribution in [0.15, 0.2) is 24.3 Å². The molecule has 1 aromatic carbocycles. The zero-order chi connectivity index (χ0) is 17.1. The number of halogens is 1. The van der Waals surface area contributed by atoms with Gasteiger partial charge in [-0.25, -0.2) is 4.39 Å². The summed E-state index contributed by atoms with van der Waals surface area (Å²) >= 11 is 0. The number of Topliss-reactive ketones (excluding diaryl/α,β-unsaturated/α-hetero) is 1. The van der Waals surface area contributed by atoms with Gasteiger partial charge in [0.2, 0.25) is 5.91 Å². The number of amides is 1. The molecule has 2 fully saturated rings. The molecule has 1 amide bonds. The van der Waals surface area contributed by atoms with E-state index < -0.39 is 0 Å². The van der Waals surface area contributed by atoms with Crippen LogP contribution in [0, 0.1) is 23.6 Å². The van der Waals surface area contributed by atoms with Crippen LogP contribution in [0.1, 0.15) is 42.5 Å². The third-order valence-electron chi connectivity index (χ3n) is 5.51. The molecule has 3 rings (SSSR count). The number of piperidine rings is 1. The molecule has 1 saturated heterocycles. The van der Waals surface area contributed by atoms with Crippen molar-refractivity contribution in [2.45, 2.75) is 32.1 Å². The van der Waals surface area contributed by atoms with Crippen molar-refractivity contribution in [1.82, 2.24) is 4.90 Å². The summed E-state index contributed by atoms with van der Waals surface area (Å²) in [5.74, 6) is -0.0545. The quantitative estimate of drug-likeness (QED) is 0.862. The first-order valence-corrected chi connectivity index (χ1v) is 8.88. The molecule has 2 aliphatic rings. The maximum atomic E-state index is 13.0. The fourth-order valence-corrected chi connectivity index (χ4v) is 4.12. The molecule has 1 aliphatic heterocycles. The summed E-state index contributed by atoms with van der Waals surface area (Å²) in [5.41, 5.74) is 6.32. The Kier molecular flexibility index (Phi) is 5.29. The van der Waals surface area contributed by atoms with Crippen molar-refractivity contribution >= 4 is 11.7 Å². The van der Waals surface area contributed by atoms with Crippen LogP contribution in [-0.4, -0.2) is 36.2 Å². The number of carbonyl (C=O) groups excluding carboxylic acids is 2. The average molecular weight is 332 g/mol. The number of nitrogens with two attached hydrogens (primary N) is 1. The number of likely N-dealkylation sites (tertiary alicyclic amines) is 1. The Hall–Kier alpha value is -1.75. The molecule has 1 aliphatic carbocycles. The highest BCUT2D eigenvalue weighted by molar-refractivity contribution is 5.98. The Bertz CT molecular complexity index is 602. The van der Waals surface area contributed by atoms with Crippen LogP contribution in [0.25, 0.3) is 0 Å². The topological polar surface area (TPSA) is 63.4 Å². The molecule has 1 heterocycles. The molecule has 1 aromatic rings. The normalized spacial score (nSPS) is 27.2. The molecular weight excluding hydrogens is 307 g/mol. The van der Waals surface area contributed by atoms with Crippen molar-refractivity contribution < 1.29 is 14.0 Å². The summed E-state index contributed by atoms with van der Waals surface area (Å²) in [6, 6.07) is 5.67. The number of carbonyl (C=O) groups is 2. The number of hydrogen-bond donors (Lipinski definition) is 1. The molecule has 5 heteroatoms. The van der Waals surface area contributed by atoms with Crippen LogP contribution in [0.3, 0.4) is 0 Å². The molecule has 24 heavy (non-hydrogen) atoms. The molecule has 3 atom stereocenters. The minimum atomic E-state index is -0.346. The minimum absolute atomic E-state index is 0.00861. The lowest BCUT2D eigenvalue weighted by atomic mass is 9.88. The monoisotopic (exact) mass is 332 g/mol. The summed E-state index contributed by atoms with van der Waals surface area (Å²) in [7, 11) is 0. The van der Waals surface area contributed by atoms with Crippen LogP contribution >= 0.6 is 0 Å². The van der Waals surface area contributed by atoms with E-state index in [9.17, 15) is 14.0 Å². The standard InChI is InChI=1S/C19H25FN2O2/c20-16-8-6-13(7-9-16)18(23)15-4-2-10-22(12-15)19(24)17-5-1-3-14(17)11-21/h6-9,14-15,17H,1-5,10-12,21H2/t14-,15?,17-/m1/s1. The van der Waals surface area contributed by atoms with Gasteiger partial charge >= 0.3 is 0 Å². The third-order valence-corrected chi connectivity index (χ3v) is 5.51. The highest BCUT2D eigenvalue weighted by Gasteiger charge is 2.37. The van der Waals surface area contributed by atoms with Crippen LogP contribution in [0.4, 0.5) is 4.39 Å². The van der Waals surface area contributed by atoms with Gasteiger partial charge in [-0.05, 0) is 62.4 Å². The largest absolute Gasteiger partial charge is 0.342 e. The first kappa shape index (κ1) is 17.1. The molecule has 1 saturated carbocycles. The van der Waals surface area contributed by atoms with Gasteiger partial charge in [0, 0.05) is 30.5 Å². The Morgan fingerprint density at radius 1 is 1.12 bits per heavy atom. The fraction of sp³-hybridized carbons (Fsp3) is 0.579. The van der Waals surface area contributed by atoms with Crippen LogP contribution in [0.5, 0.6) is 0 Å². The Morgan fingerprint density at radius 3 is 2.58 bits per heavy atom. The van der Waals surface area contributed by atoms with E-state index >= 15 is 0 Å². The number of ketones is 1. The maximum Gasteiger partial charge on any atom is 0.226 e. The predicted octanol–water partition coefficient (Wildman–Crippen LogP) is 2.62. The van der Waals surface area contributed by atoms with Crippen molar-refractivity contribution in [3.8, 4) is 0 Å². The summed E-state index contributed by atoms with van der Waals surface area (Å²) in [6.45, 7) is 1.75. The first-order valence-electron chi connectivity index (χ1n) is 8.88. The van der Waals surface area contributed by atoms with Crippen LogP contribution < -0.4 is 5.73 Å². The van der Waals surface area contributed by atoms with Crippen LogP contribution in [-0.2, 0) is 4.79 Å². The van der Waals surface area contributed by atoms with Crippen molar-refractivity contribution in [2.75, 3.05) is 19.6 Å². The van der Waals surface area contributed by atoms with Crippen molar-refractivity contribution in [2.24, 2.45) is 23.5 Å².